The predicted molar refractivity (Wildman–Crippen MR) is 120 cm³/mol. The molecule has 7 heteroatoms. The number of hydrogen-bond acceptors (Lipinski definition) is 5. The van der Waals surface area contributed by atoms with Gasteiger partial charge in [0.2, 0.25) is 11.9 Å². The fourth-order valence-corrected chi connectivity index (χ4v) is 3.40. The number of nitrogens with one attached hydrogen (secondary N) is 2. The molecule has 0 fully saturated rings. The van der Waals surface area contributed by atoms with Crippen LogP contribution in [0, 0.1) is 13.8 Å². The highest BCUT2D eigenvalue weighted by Crippen LogP contribution is 2.29. The Morgan fingerprint density at radius 1 is 1.10 bits per heavy atom. The Labute approximate surface area is 174 Å². The first-order valence-corrected chi connectivity index (χ1v) is 9.51. The monoisotopic (exact) mass is 398 g/mol. The molecule has 0 unspecified atom stereocenters. The van der Waals surface area contributed by atoms with Gasteiger partial charge in [-0.25, -0.2) is 9.97 Å². The minimum Gasteiger partial charge on any atom is -0.349 e. The van der Waals surface area contributed by atoms with E-state index in [9.17, 15) is 4.79 Å². The van der Waals surface area contributed by atoms with Crippen molar-refractivity contribution in [3.63, 3.8) is 0 Å². The normalized spacial score (nSPS) is 10.8. The fourth-order valence-electron chi connectivity index (χ4n) is 3.40. The Morgan fingerprint density at radius 3 is 2.70 bits per heavy atom. The Bertz CT molecular complexity index is 1270. The molecule has 3 aromatic heterocycles. The van der Waals surface area contributed by atoms with Crippen LogP contribution in [0.5, 0.6) is 0 Å². The number of anilines is 3. The van der Waals surface area contributed by atoms with Gasteiger partial charge in [0.15, 0.2) is 0 Å². The number of nitrogens with zero attached hydrogens (tertiary/aromatic N) is 4. The summed E-state index contributed by atoms with van der Waals surface area (Å²) in [6.45, 7) is 7.44. The van der Waals surface area contributed by atoms with Crippen molar-refractivity contribution >= 4 is 34.3 Å². The van der Waals surface area contributed by atoms with Gasteiger partial charge in [-0.05, 0) is 55.3 Å². The first kappa shape index (κ1) is 19.3. The smallest absolute Gasteiger partial charge is 0.247 e. The van der Waals surface area contributed by atoms with Crippen LogP contribution in [0.1, 0.15) is 11.1 Å². The summed E-state index contributed by atoms with van der Waals surface area (Å²) < 4.78 is 2.03. The zero-order valence-corrected chi connectivity index (χ0v) is 17.1. The first-order chi connectivity index (χ1) is 14.5. The molecule has 2 N–H and O–H groups in total. The molecule has 0 saturated carbocycles. The van der Waals surface area contributed by atoms with E-state index in [-0.39, 0.29) is 5.91 Å². The molecule has 30 heavy (non-hydrogen) atoms. The Balaban J connectivity index is 1.69. The van der Waals surface area contributed by atoms with E-state index in [0.29, 0.717) is 11.6 Å². The van der Waals surface area contributed by atoms with E-state index >= 15 is 0 Å². The average Bonchev–Trinajstić information content (AvgIpc) is 3.08. The van der Waals surface area contributed by atoms with Crippen LogP contribution in [0.4, 0.5) is 17.3 Å². The molecule has 0 aliphatic rings. The number of amides is 1. The van der Waals surface area contributed by atoms with E-state index in [1.54, 1.807) is 12.4 Å². The molecule has 0 radical (unpaired) electrons. The molecular formula is C23H22N6O. The van der Waals surface area contributed by atoms with Crippen LogP contribution < -0.4 is 10.6 Å². The number of carbonyl (C=O) groups is 1. The van der Waals surface area contributed by atoms with Gasteiger partial charge in [0.1, 0.15) is 0 Å². The topological polar surface area (TPSA) is 84.7 Å². The van der Waals surface area contributed by atoms with Gasteiger partial charge in [0.25, 0.3) is 0 Å². The summed E-state index contributed by atoms with van der Waals surface area (Å²) in [6.07, 6.45) is 6.76. The third kappa shape index (κ3) is 3.65. The quantitative estimate of drug-likeness (QED) is 0.483. The highest BCUT2D eigenvalue weighted by atomic mass is 16.1. The lowest BCUT2D eigenvalue weighted by Crippen LogP contribution is -2.09. The second-order valence-corrected chi connectivity index (χ2v) is 7.09. The van der Waals surface area contributed by atoms with Crippen molar-refractivity contribution in [2.24, 2.45) is 7.05 Å². The molecule has 150 valence electrons. The van der Waals surface area contributed by atoms with Crippen LogP contribution in [0.2, 0.25) is 0 Å². The van der Waals surface area contributed by atoms with E-state index in [2.05, 4.69) is 27.2 Å². The molecule has 0 aliphatic heterocycles. The molecule has 1 amide bonds. The van der Waals surface area contributed by atoms with Crippen LogP contribution >= 0.6 is 0 Å². The molecule has 0 atom stereocenters. The van der Waals surface area contributed by atoms with Crippen LogP contribution in [0.25, 0.3) is 22.3 Å². The van der Waals surface area contributed by atoms with Gasteiger partial charge in [-0.1, -0.05) is 12.6 Å². The number of aryl methyl sites for hydroxylation is 3. The zero-order chi connectivity index (χ0) is 21.3. The van der Waals surface area contributed by atoms with E-state index in [1.807, 2.05) is 62.0 Å². The largest absolute Gasteiger partial charge is 0.349 e. The maximum Gasteiger partial charge on any atom is 0.247 e. The molecule has 0 bridgehead atoms. The minimum atomic E-state index is -0.255. The maximum absolute atomic E-state index is 11.7. The number of fused-ring (bicyclic) bond motifs is 1. The number of pyridine rings is 1. The lowest BCUT2D eigenvalue weighted by Gasteiger charge is -2.14. The second-order valence-electron chi connectivity index (χ2n) is 7.09. The SMILES string of the molecule is C=CC(=O)Nc1cc(Nc2nccc(-c3cn(C)c4cccnc34)n2)c(C)cc1C. The highest BCUT2D eigenvalue weighted by Gasteiger charge is 2.13. The van der Waals surface area contributed by atoms with Crippen molar-refractivity contribution in [2.75, 3.05) is 10.6 Å². The molecular weight excluding hydrogens is 376 g/mol. The number of rotatable bonds is 5. The summed E-state index contributed by atoms with van der Waals surface area (Å²) >= 11 is 0. The maximum atomic E-state index is 11.7. The van der Waals surface area contributed by atoms with Crippen molar-refractivity contribution in [2.45, 2.75) is 13.8 Å². The van der Waals surface area contributed by atoms with Crippen molar-refractivity contribution in [1.29, 1.82) is 0 Å². The summed E-state index contributed by atoms with van der Waals surface area (Å²) in [5, 5.41) is 6.09. The molecule has 1 aromatic carbocycles. The van der Waals surface area contributed by atoms with Gasteiger partial charge in [-0.15, -0.1) is 0 Å². The van der Waals surface area contributed by atoms with Crippen molar-refractivity contribution in [3.05, 3.63) is 72.7 Å². The summed E-state index contributed by atoms with van der Waals surface area (Å²) in [4.78, 5) is 25.3. The van der Waals surface area contributed by atoms with E-state index in [1.165, 1.54) is 6.08 Å². The third-order valence-corrected chi connectivity index (χ3v) is 4.94. The standard InChI is InChI=1S/C23H22N6O/c1-5-21(30)26-18-12-19(15(3)11-14(18)2)28-23-25-10-8-17(27-23)16-13-29(4)20-7-6-9-24-22(16)20/h5-13H,1H2,2-4H3,(H,26,30)(H,25,27,28). The molecule has 3 heterocycles. The van der Waals surface area contributed by atoms with Gasteiger partial charge in [-0.3, -0.25) is 9.78 Å². The third-order valence-electron chi connectivity index (χ3n) is 4.94. The fraction of sp³-hybridized carbons (Fsp3) is 0.130. The van der Waals surface area contributed by atoms with Gasteiger partial charge >= 0.3 is 0 Å². The number of aromatic nitrogens is 4. The van der Waals surface area contributed by atoms with Gasteiger partial charge in [-0.2, -0.15) is 0 Å². The molecule has 0 spiro atoms. The first-order valence-electron chi connectivity index (χ1n) is 9.51. The van der Waals surface area contributed by atoms with Crippen molar-refractivity contribution in [3.8, 4) is 11.3 Å². The number of benzene rings is 1. The Hall–Kier alpha value is -4.00. The number of carbonyl (C=O) groups excluding carboxylic acids is 1. The second kappa shape index (κ2) is 7.79. The van der Waals surface area contributed by atoms with Crippen LogP contribution in [0.15, 0.2) is 61.6 Å². The molecule has 4 rings (SSSR count). The van der Waals surface area contributed by atoms with Gasteiger partial charge < -0.3 is 15.2 Å². The van der Waals surface area contributed by atoms with Crippen LogP contribution in [-0.4, -0.2) is 25.4 Å². The molecule has 0 saturated heterocycles. The van der Waals surface area contributed by atoms with Gasteiger partial charge in [0, 0.05) is 42.6 Å². The highest BCUT2D eigenvalue weighted by molar-refractivity contribution is 6.00. The summed E-state index contributed by atoms with van der Waals surface area (Å²) in [5.41, 5.74) is 7.16. The van der Waals surface area contributed by atoms with Crippen LogP contribution in [-0.2, 0) is 11.8 Å². The van der Waals surface area contributed by atoms with Gasteiger partial charge in [0.05, 0.1) is 16.7 Å². The lowest BCUT2D eigenvalue weighted by molar-refractivity contribution is -0.111. The number of hydrogen-bond donors (Lipinski definition) is 2. The zero-order valence-electron chi connectivity index (χ0n) is 17.1. The molecule has 7 nitrogen and oxygen atoms in total. The summed E-state index contributed by atoms with van der Waals surface area (Å²) in [5.74, 6) is 0.211. The van der Waals surface area contributed by atoms with E-state index in [4.69, 9.17) is 4.98 Å². The van der Waals surface area contributed by atoms with E-state index < -0.39 is 0 Å². The molecule has 0 aliphatic carbocycles. The Morgan fingerprint density at radius 2 is 1.90 bits per heavy atom. The summed E-state index contributed by atoms with van der Waals surface area (Å²) in [7, 11) is 1.99. The lowest BCUT2D eigenvalue weighted by atomic mass is 10.1. The minimum absolute atomic E-state index is 0.255. The average molecular weight is 398 g/mol. The Kier molecular flexibility index (Phi) is 5.02. The summed E-state index contributed by atoms with van der Waals surface area (Å²) in [6, 6.07) is 9.69. The van der Waals surface area contributed by atoms with Crippen LogP contribution in [0.3, 0.4) is 0 Å². The van der Waals surface area contributed by atoms with E-state index in [0.717, 1.165) is 39.1 Å². The molecule has 4 aromatic rings. The van der Waals surface area contributed by atoms with Crippen molar-refractivity contribution in [1.82, 2.24) is 19.5 Å². The predicted octanol–water partition coefficient (Wildman–Crippen LogP) is 4.52. The van der Waals surface area contributed by atoms with Crippen molar-refractivity contribution < 1.29 is 4.79 Å².